The van der Waals surface area contributed by atoms with E-state index in [0.29, 0.717) is 25.5 Å². The Hall–Kier alpha value is -2.41. The molecule has 3 heterocycles. The number of hydrogen-bond acceptors (Lipinski definition) is 4. The van der Waals surface area contributed by atoms with Crippen molar-refractivity contribution in [2.24, 2.45) is 0 Å². The first kappa shape index (κ1) is 15.1. The lowest BCUT2D eigenvalue weighted by atomic mass is 10.1. The summed E-state index contributed by atoms with van der Waals surface area (Å²) in [6, 6.07) is 7.72. The van der Waals surface area contributed by atoms with Gasteiger partial charge in [0.2, 0.25) is 0 Å². The molecule has 0 aromatic carbocycles. The average molecular weight is 327 g/mol. The molecule has 126 valence electrons. The molecule has 4 rings (SSSR count). The van der Waals surface area contributed by atoms with Crippen LogP contribution in [0.3, 0.4) is 0 Å². The van der Waals surface area contributed by atoms with E-state index in [9.17, 15) is 4.79 Å². The first-order valence-corrected chi connectivity index (χ1v) is 8.42. The lowest BCUT2D eigenvalue weighted by Gasteiger charge is -2.37. The second kappa shape index (κ2) is 6.60. The van der Waals surface area contributed by atoms with Crippen molar-refractivity contribution < 1.29 is 9.53 Å². The zero-order valence-corrected chi connectivity index (χ0v) is 13.5. The molecular formula is C17H21N5O2. The predicted molar refractivity (Wildman–Crippen MR) is 88.7 cm³/mol. The van der Waals surface area contributed by atoms with Crippen LogP contribution in [0, 0.1) is 0 Å². The summed E-state index contributed by atoms with van der Waals surface area (Å²) in [7, 11) is 0. The molecule has 1 N–H and O–H groups in total. The fraction of sp³-hybridized carbons (Fsp3) is 0.471. The van der Waals surface area contributed by atoms with Crippen LogP contribution in [0.15, 0.2) is 36.7 Å². The highest BCUT2D eigenvalue weighted by Crippen LogP contribution is 2.29. The molecule has 0 spiro atoms. The van der Waals surface area contributed by atoms with Crippen LogP contribution in [0.5, 0.6) is 0 Å². The number of carbonyl (C=O) groups excluding carboxylic acids is 1. The zero-order chi connectivity index (χ0) is 16.4. The second-order valence-corrected chi connectivity index (χ2v) is 6.25. The quantitative estimate of drug-likeness (QED) is 0.937. The van der Waals surface area contributed by atoms with E-state index in [-0.39, 0.29) is 18.2 Å². The summed E-state index contributed by atoms with van der Waals surface area (Å²) in [5, 5.41) is 7.32. The minimum absolute atomic E-state index is 0.0849. The van der Waals surface area contributed by atoms with Crippen molar-refractivity contribution in [2.75, 3.05) is 18.5 Å². The van der Waals surface area contributed by atoms with Gasteiger partial charge in [0.25, 0.3) is 0 Å². The van der Waals surface area contributed by atoms with E-state index < -0.39 is 0 Å². The number of nitrogens with one attached hydrogen (secondary N) is 1. The Labute approximate surface area is 140 Å². The van der Waals surface area contributed by atoms with Gasteiger partial charge in [-0.05, 0) is 31.4 Å². The third kappa shape index (κ3) is 3.12. The van der Waals surface area contributed by atoms with Crippen LogP contribution in [0.2, 0.25) is 0 Å². The Morgan fingerprint density at radius 1 is 1.33 bits per heavy atom. The molecule has 2 aliphatic rings. The van der Waals surface area contributed by atoms with E-state index in [1.54, 1.807) is 10.9 Å². The van der Waals surface area contributed by atoms with Crippen molar-refractivity contribution in [3.63, 3.8) is 0 Å². The zero-order valence-electron chi connectivity index (χ0n) is 13.5. The number of nitrogens with zero attached hydrogens (tertiary/aromatic N) is 4. The van der Waals surface area contributed by atoms with Crippen LogP contribution in [0.1, 0.15) is 25.0 Å². The molecule has 1 saturated carbocycles. The molecule has 1 aliphatic heterocycles. The summed E-state index contributed by atoms with van der Waals surface area (Å²) in [5.74, 6) is 0.567. The van der Waals surface area contributed by atoms with Crippen molar-refractivity contribution in [3.05, 3.63) is 42.4 Å². The maximum absolute atomic E-state index is 12.6. The van der Waals surface area contributed by atoms with Crippen molar-refractivity contribution in [3.8, 4) is 0 Å². The summed E-state index contributed by atoms with van der Waals surface area (Å²) < 4.78 is 7.53. The van der Waals surface area contributed by atoms with E-state index in [1.165, 1.54) is 0 Å². The monoisotopic (exact) mass is 327 g/mol. The van der Waals surface area contributed by atoms with Crippen LogP contribution < -0.4 is 5.32 Å². The van der Waals surface area contributed by atoms with Crippen molar-refractivity contribution in [1.29, 1.82) is 0 Å². The highest BCUT2D eigenvalue weighted by Gasteiger charge is 2.38. The van der Waals surface area contributed by atoms with Crippen LogP contribution in [0.25, 0.3) is 0 Å². The van der Waals surface area contributed by atoms with E-state index in [1.807, 2.05) is 35.4 Å². The van der Waals surface area contributed by atoms with Crippen LogP contribution in [-0.4, -0.2) is 51.0 Å². The molecule has 24 heavy (non-hydrogen) atoms. The average Bonchev–Trinajstić information content (AvgIpc) is 3.24. The molecule has 7 heteroatoms. The standard InChI is InChI=1S/C17H21N5O2/c23-17(22-10-11-24-15-6-3-5-14(15)22)19-16-7-9-21(20-16)12-13-4-1-2-8-18-13/h1-2,4,7-9,14-15H,3,5-6,10-12H2,(H,19,20,23)/t14-,15+/m1/s1. The highest BCUT2D eigenvalue weighted by molar-refractivity contribution is 5.88. The number of carbonyl (C=O) groups is 1. The van der Waals surface area contributed by atoms with E-state index >= 15 is 0 Å². The molecule has 2 atom stereocenters. The molecule has 7 nitrogen and oxygen atoms in total. The molecule has 2 aromatic heterocycles. The van der Waals surface area contributed by atoms with Gasteiger partial charge in [-0.1, -0.05) is 6.07 Å². The van der Waals surface area contributed by atoms with Gasteiger partial charge in [0.1, 0.15) is 0 Å². The fourth-order valence-corrected chi connectivity index (χ4v) is 3.53. The van der Waals surface area contributed by atoms with Crippen LogP contribution in [-0.2, 0) is 11.3 Å². The van der Waals surface area contributed by atoms with Gasteiger partial charge in [-0.25, -0.2) is 4.79 Å². The topological polar surface area (TPSA) is 72.3 Å². The lowest BCUT2D eigenvalue weighted by Crippen LogP contribution is -2.52. The molecule has 2 fully saturated rings. The number of hydrogen-bond donors (Lipinski definition) is 1. The van der Waals surface area contributed by atoms with E-state index in [4.69, 9.17) is 4.74 Å². The molecule has 2 amide bonds. The molecule has 0 unspecified atom stereocenters. The minimum Gasteiger partial charge on any atom is -0.374 e. The Balaban J connectivity index is 1.39. The van der Waals surface area contributed by atoms with Gasteiger partial charge in [-0.2, -0.15) is 5.10 Å². The molecule has 1 saturated heterocycles. The van der Waals surface area contributed by atoms with Gasteiger partial charge < -0.3 is 9.64 Å². The smallest absolute Gasteiger partial charge is 0.323 e. The predicted octanol–water partition coefficient (Wildman–Crippen LogP) is 2.11. The number of anilines is 1. The molecular weight excluding hydrogens is 306 g/mol. The molecule has 0 bridgehead atoms. The van der Waals surface area contributed by atoms with Gasteiger partial charge in [0.15, 0.2) is 5.82 Å². The maximum Gasteiger partial charge on any atom is 0.323 e. The van der Waals surface area contributed by atoms with Gasteiger partial charge in [0.05, 0.1) is 31.0 Å². The Kier molecular flexibility index (Phi) is 4.17. The number of rotatable bonds is 3. The fourth-order valence-electron chi connectivity index (χ4n) is 3.53. The van der Waals surface area contributed by atoms with Gasteiger partial charge >= 0.3 is 6.03 Å². The Morgan fingerprint density at radius 3 is 3.17 bits per heavy atom. The van der Waals surface area contributed by atoms with Crippen molar-refractivity contribution in [1.82, 2.24) is 19.7 Å². The number of morpholine rings is 1. The van der Waals surface area contributed by atoms with Crippen LogP contribution in [0.4, 0.5) is 10.6 Å². The number of ether oxygens (including phenoxy) is 1. The van der Waals surface area contributed by atoms with Crippen LogP contribution >= 0.6 is 0 Å². The lowest BCUT2D eigenvalue weighted by molar-refractivity contribution is -0.0362. The summed E-state index contributed by atoms with van der Waals surface area (Å²) in [6.07, 6.45) is 7.00. The van der Waals surface area contributed by atoms with Gasteiger partial charge in [-0.15, -0.1) is 0 Å². The third-order valence-corrected chi connectivity index (χ3v) is 4.67. The number of fused-ring (bicyclic) bond motifs is 1. The van der Waals surface area contributed by atoms with Gasteiger partial charge in [0, 0.05) is 25.0 Å². The number of aromatic nitrogens is 3. The van der Waals surface area contributed by atoms with Crippen molar-refractivity contribution >= 4 is 11.8 Å². The summed E-state index contributed by atoms with van der Waals surface area (Å²) in [6.45, 7) is 1.84. The minimum atomic E-state index is -0.0849. The van der Waals surface area contributed by atoms with E-state index in [2.05, 4.69) is 15.4 Å². The first-order chi connectivity index (χ1) is 11.8. The molecule has 2 aromatic rings. The Morgan fingerprint density at radius 2 is 2.29 bits per heavy atom. The number of urea groups is 1. The van der Waals surface area contributed by atoms with Gasteiger partial charge in [-0.3, -0.25) is 15.0 Å². The first-order valence-electron chi connectivity index (χ1n) is 8.42. The van der Waals surface area contributed by atoms with Crippen molar-refractivity contribution in [2.45, 2.75) is 38.0 Å². The summed E-state index contributed by atoms with van der Waals surface area (Å²) in [5.41, 5.74) is 0.931. The normalized spacial score (nSPS) is 23.1. The Bertz CT molecular complexity index is 702. The largest absolute Gasteiger partial charge is 0.374 e. The molecule has 1 aliphatic carbocycles. The number of pyridine rings is 1. The number of amides is 2. The third-order valence-electron chi connectivity index (χ3n) is 4.67. The second-order valence-electron chi connectivity index (χ2n) is 6.25. The summed E-state index contributed by atoms with van der Waals surface area (Å²) in [4.78, 5) is 18.8. The van der Waals surface area contributed by atoms with E-state index in [0.717, 1.165) is 25.0 Å². The SMILES string of the molecule is O=C(Nc1ccn(Cc2ccccn2)n1)N1CCO[C@H]2CCC[C@H]21. The highest BCUT2D eigenvalue weighted by atomic mass is 16.5. The maximum atomic E-state index is 12.6. The summed E-state index contributed by atoms with van der Waals surface area (Å²) >= 11 is 0. The molecule has 0 radical (unpaired) electrons.